The van der Waals surface area contributed by atoms with Gasteiger partial charge in [0.05, 0.1) is 26.1 Å². The molecule has 0 bridgehead atoms. The van der Waals surface area contributed by atoms with Crippen molar-refractivity contribution in [1.29, 1.82) is 0 Å². The fourth-order valence-electron chi connectivity index (χ4n) is 1.88. The summed E-state index contributed by atoms with van der Waals surface area (Å²) in [5, 5.41) is 11.8. The molecule has 22 heavy (non-hydrogen) atoms. The molecule has 0 aliphatic rings. The van der Waals surface area contributed by atoms with E-state index < -0.39 is 11.4 Å². The largest absolute Gasteiger partial charge is 0.497 e. The Labute approximate surface area is 130 Å². The number of hydrogen-bond acceptors (Lipinski definition) is 4. The second-order valence-electron chi connectivity index (χ2n) is 5.64. The minimum absolute atomic E-state index is 0.147. The summed E-state index contributed by atoms with van der Waals surface area (Å²) >= 11 is 0. The molecule has 0 fully saturated rings. The van der Waals surface area contributed by atoms with Crippen LogP contribution in [0.3, 0.4) is 0 Å². The molecule has 1 aromatic rings. The maximum atomic E-state index is 12.0. The Morgan fingerprint density at radius 3 is 2.45 bits per heavy atom. The van der Waals surface area contributed by atoms with Gasteiger partial charge in [0, 0.05) is 12.1 Å². The quantitative estimate of drug-likeness (QED) is 0.765. The first-order chi connectivity index (χ1) is 10.3. The first-order valence-corrected chi connectivity index (χ1v) is 7.01. The molecule has 0 aliphatic carbocycles. The second-order valence-corrected chi connectivity index (χ2v) is 5.64. The lowest BCUT2D eigenvalue weighted by Gasteiger charge is -2.19. The van der Waals surface area contributed by atoms with Crippen molar-refractivity contribution >= 4 is 11.9 Å². The molecule has 6 heteroatoms. The highest BCUT2D eigenvalue weighted by Gasteiger charge is 2.26. The SMILES string of the molecule is COc1ccc(OC)c(CC(=O)NCCC(C)(C)C(=O)O)c1. The molecule has 2 N–H and O–H groups in total. The van der Waals surface area contributed by atoms with Gasteiger partial charge in [0.25, 0.3) is 0 Å². The van der Waals surface area contributed by atoms with Crippen molar-refractivity contribution in [2.75, 3.05) is 20.8 Å². The third kappa shape index (κ3) is 4.95. The average molecular weight is 309 g/mol. The van der Waals surface area contributed by atoms with Crippen LogP contribution in [0.2, 0.25) is 0 Å². The number of carboxylic acid groups (broad SMARTS) is 1. The van der Waals surface area contributed by atoms with Crippen LogP contribution in [0.25, 0.3) is 0 Å². The van der Waals surface area contributed by atoms with Crippen molar-refractivity contribution in [2.24, 2.45) is 5.41 Å². The van der Waals surface area contributed by atoms with Gasteiger partial charge in [-0.15, -0.1) is 0 Å². The second kappa shape index (κ2) is 7.68. The summed E-state index contributed by atoms with van der Waals surface area (Å²) < 4.78 is 10.4. The minimum atomic E-state index is -0.879. The number of carbonyl (C=O) groups is 2. The summed E-state index contributed by atoms with van der Waals surface area (Å²) in [6, 6.07) is 5.25. The lowest BCUT2D eigenvalue weighted by Crippen LogP contribution is -2.32. The lowest BCUT2D eigenvalue weighted by molar-refractivity contribution is -0.147. The van der Waals surface area contributed by atoms with Crippen LogP contribution in [0.1, 0.15) is 25.8 Å². The number of hydrogen-bond donors (Lipinski definition) is 2. The van der Waals surface area contributed by atoms with Gasteiger partial charge in [-0.25, -0.2) is 0 Å². The van der Waals surface area contributed by atoms with Crippen LogP contribution in [0.4, 0.5) is 0 Å². The van der Waals surface area contributed by atoms with Gasteiger partial charge >= 0.3 is 5.97 Å². The van der Waals surface area contributed by atoms with Gasteiger partial charge in [-0.3, -0.25) is 9.59 Å². The number of rotatable bonds is 8. The van der Waals surface area contributed by atoms with Crippen LogP contribution in [-0.2, 0) is 16.0 Å². The van der Waals surface area contributed by atoms with E-state index in [1.165, 1.54) is 0 Å². The lowest BCUT2D eigenvalue weighted by atomic mass is 9.90. The molecule has 0 aromatic heterocycles. The molecule has 0 saturated heterocycles. The summed E-state index contributed by atoms with van der Waals surface area (Å²) in [7, 11) is 3.10. The normalized spacial score (nSPS) is 10.9. The first-order valence-electron chi connectivity index (χ1n) is 7.01. The summed E-state index contributed by atoms with van der Waals surface area (Å²) in [5.41, 5.74) is -0.141. The zero-order valence-corrected chi connectivity index (χ0v) is 13.4. The van der Waals surface area contributed by atoms with Crippen molar-refractivity contribution in [3.63, 3.8) is 0 Å². The standard InChI is InChI=1S/C16H23NO5/c1-16(2,15(19)20)7-8-17-14(18)10-11-9-12(21-3)5-6-13(11)22-4/h5-6,9H,7-8,10H2,1-4H3,(H,17,18)(H,19,20). The van der Waals surface area contributed by atoms with Crippen LogP contribution in [0.5, 0.6) is 11.5 Å². The zero-order valence-electron chi connectivity index (χ0n) is 13.4. The summed E-state index contributed by atoms with van der Waals surface area (Å²) in [6.45, 7) is 3.57. The van der Waals surface area contributed by atoms with E-state index in [0.29, 0.717) is 24.5 Å². The molecule has 1 rings (SSSR count). The fourth-order valence-corrected chi connectivity index (χ4v) is 1.88. The van der Waals surface area contributed by atoms with Crippen LogP contribution in [-0.4, -0.2) is 37.7 Å². The minimum Gasteiger partial charge on any atom is -0.497 e. The molecule has 0 saturated carbocycles. The third-order valence-electron chi connectivity index (χ3n) is 3.49. The maximum absolute atomic E-state index is 12.0. The first kappa shape index (κ1) is 17.8. The van der Waals surface area contributed by atoms with Gasteiger partial charge in [-0.2, -0.15) is 0 Å². The van der Waals surface area contributed by atoms with Crippen LogP contribution >= 0.6 is 0 Å². The van der Waals surface area contributed by atoms with Crippen molar-refractivity contribution in [3.05, 3.63) is 23.8 Å². The van der Waals surface area contributed by atoms with E-state index in [4.69, 9.17) is 14.6 Å². The number of amides is 1. The topological polar surface area (TPSA) is 84.9 Å². The number of aliphatic carboxylic acids is 1. The van der Waals surface area contributed by atoms with Gasteiger partial charge < -0.3 is 19.9 Å². The molecule has 0 spiro atoms. The van der Waals surface area contributed by atoms with E-state index in [-0.39, 0.29) is 12.3 Å². The van der Waals surface area contributed by atoms with Crippen molar-refractivity contribution in [1.82, 2.24) is 5.32 Å². The predicted molar refractivity (Wildman–Crippen MR) is 82.3 cm³/mol. The number of carboxylic acids is 1. The van der Waals surface area contributed by atoms with Gasteiger partial charge in [-0.1, -0.05) is 0 Å². The number of nitrogens with one attached hydrogen (secondary N) is 1. The van der Waals surface area contributed by atoms with Crippen molar-refractivity contribution in [2.45, 2.75) is 26.7 Å². The van der Waals surface area contributed by atoms with Crippen LogP contribution < -0.4 is 14.8 Å². The predicted octanol–water partition coefficient (Wildman–Crippen LogP) is 1.86. The van der Waals surface area contributed by atoms with E-state index in [0.717, 1.165) is 5.56 Å². The van der Waals surface area contributed by atoms with Crippen LogP contribution in [0, 0.1) is 5.41 Å². The number of ether oxygens (including phenoxy) is 2. The number of methoxy groups -OCH3 is 2. The van der Waals surface area contributed by atoms with E-state index in [1.807, 2.05) is 0 Å². The number of benzene rings is 1. The Morgan fingerprint density at radius 2 is 1.91 bits per heavy atom. The Balaban J connectivity index is 2.60. The van der Waals surface area contributed by atoms with Crippen LogP contribution in [0.15, 0.2) is 18.2 Å². The van der Waals surface area contributed by atoms with E-state index in [2.05, 4.69) is 5.32 Å². The summed E-state index contributed by atoms with van der Waals surface area (Å²) in [4.78, 5) is 23.0. The Morgan fingerprint density at radius 1 is 1.23 bits per heavy atom. The molecule has 0 atom stereocenters. The zero-order chi connectivity index (χ0) is 16.8. The molecule has 1 aromatic carbocycles. The Hall–Kier alpha value is -2.24. The molecule has 0 aliphatic heterocycles. The van der Waals surface area contributed by atoms with E-state index in [1.54, 1.807) is 46.3 Å². The van der Waals surface area contributed by atoms with Gasteiger partial charge in [0.1, 0.15) is 11.5 Å². The Kier molecular flexibility index (Phi) is 6.22. The van der Waals surface area contributed by atoms with Gasteiger partial charge in [0.15, 0.2) is 0 Å². The average Bonchev–Trinajstić information content (AvgIpc) is 2.46. The molecular formula is C16H23NO5. The molecular weight excluding hydrogens is 286 g/mol. The highest BCUT2D eigenvalue weighted by atomic mass is 16.5. The molecule has 0 unspecified atom stereocenters. The monoisotopic (exact) mass is 309 g/mol. The molecule has 6 nitrogen and oxygen atoms in total. The smallest absolute Gasteiger partial charge is 0.309 e. The molecule has 0 heterocycles. The van der Waals surface area contributed by atoms with Gasteiger partial charge in [0.2, 0.25) is 5.91 Å². The maximum Gasteiger partial charge on any atom is 0.309 e. The fraction of sp³-hybridized carbons (Fsp3) is 0.500. The highest BCUT2D eigenvalue weighted by Crippen LogP contribution is 2.24. The van der Waals surface area contributed by atoms with E-state index in [9.17, 15) is 9.59 Å². The third-order valence-corrected chi connectivity index (χ3v) is 3.49. The Bertz CT molecular complexity index is 539. The highest BCUT2D eigenvalue weighted by molar-refractivity contribution is 5.79. The number of carbonyl (C=O) groups excluding carboxylic acids is 1. The van der Waals surface area contributed by atoms with Crippen molar-refractivity contribution < 1.29 is 24.2 Å². The van der Waals surface area contributed by atoms with Crippen molar-refractivity contribution in [3.8, 4) is 11.5 Å². The van der Waals surface area contributed by atoms with E-state index >= 15 is 0 Å². The molecule has 122 valence electrons. The summed E-state index contributed by atoms with van der Waals surface area (Å²) in [5.74, 6) is 0.196. The van der Waals surface area contributed by atoms with Gasteiger partial charge in [-0.05, 0) is 38.5 Å². The molecule has 1 amide bonds. The molecule has 0 radical (unpaired) electrons. The summed E-state index contributed by atoms with van der Waals surface area (Å²) in [6.07, 6.45) is 0.511.